The minimum Gasteiger partial charge on any atom is -0.466 e. The molecule has 1 aliphatic rings. The molecule has 0 N–H and O–H groups in total. The van der Waals surface area contributed by atoms with Gasteiger partial charge in [0.05, 0.1) is 18.6 Å². The van der Waals surface area contributed by atoms with E-state index in [0.29, 0.717) is 19.6 Å². The maximum atomic E-state index is 12.8. The molecule has 7 heteroatoms. The molecule has 3 atom stereocenters. The molecule has 1 rings (SSSR count). The molecule has 0 aromatic carbocycles. The highest BCUT2D eigenvalue weighted by Gasteiger charge is 2.45. The van der Waals surface area contributed by atoms with Crippen molar-refractivity contribution in [3.05, 3.63) is 0 Å². The molecule has 0 aliphatic carbocycles. The summed E-state index contributed by atoms with van der Waals surface area (Å²) in [6.07, 6.45) is 0.896. The maximum absolute atomic E-state index is 12.8. The summed E-state index contributed by atoms with van der Waals surface area (Å²) in [5.74, 6) is -0.498. The maximum Gasteiger partial charge on any atom is 0.410 e. The van der Waals surface area contributed by atoms with E-state index < -0.39 is 13.9 Å². The monoisotopic (exact) mass is 415 g/mol. The van der Waals surface area contributed by atoms with E-state index in [1.165, 1.54) is 0 Å². The predicted molar refractivity (Wildman–Crippen MR) is 114 cm³/mol. The van der Waals surface area contributed by atoms with Gasteiger partial charge < -0.3 is 18.8 Å². The lowest BCUT2D eigenvalue weighted by molar-refractivity contribution is -0.148. The molecule has 1 unspecified atom stereocenters. The van der Waals surface area contributed by atoms with Crippen LogP contribution >= 0.6 is 0 Å². The van der Waals surface area contributed by atoms with E-state index >= 15 is 0 Å². The molecule has 0 bridgehead atoms. The fraction of sp³-hybridized carbons (Fsp3) is 0.905. The lowest BCUT2D eigenvalue weighted by Crippen LogP contribution is -2.45. The zero-order valence-electron chi connectivity index (χ0n) is 19.5. The topological polar surface area (TPSA) is 65.1 Å². The molecule has 0 radical (unpaired) electrons. The van der Waals surface area contributed by atoms with Gasteiger partial charge in [-0.1, -0.05) is 27.7 Å². The van der Waals surface area contributed by atoms with E-state index in [0.717, 1.165) is 6.42 Å². The van der Waals surface area contributed by atoms with Crippen LogP contribution in [0.5, 0.6) is 0 Å². The molecule has 0 aromatic heterocycles. The number of hydrogen-bond acceptors (Lipinski definition) is 5. The van der Waals surface area contributed by atoms with Crippen molar-refractivity contribution in [3.8, 4) is 0 Å². The number of rotatable bonds is 6. The van der Waals surface area contributed by atoms with Crippen molar-refractivity contribution in [3.63, 3.8) is 0 Å². The highest BCUT2D eigenvalue weighted by molar-refractivity contribution is 6.74. The summed E-state index contributed by atoms with van der Waals surface area (Å²) >= 11 is 0. The van der Waals surface area contributed by atoms with Crippen LogP contribution < -0.4 is 0 Å². The van der Waals surface area contributed by atoms with Gasteiger partial charge in [-0.2, -0.15) is 0 Å². The number of hydrogen-bond donors (Lipinski definition) is 0. The van der Waals surface area contributed by atoms with Gasteiger partial charge in [-0.3, -0.25) is 4.79 Å². The molecule has 1 fully saturated rings. The van der Waals surface area contributed by atoms with Crippen LogP contribution in [0.1, 0.15) is 68.2 Å². The number of ether oxygens (including phenoxy) is 2. The minimum absolute atomic E-state index is 0.0344. The standard InChI is InChI=1S/C21H41NO5Si/c1-11-25-18(23)15(2)12-16-13-17(27-28(9,10)21(6,7)8)14-22(16)19(24)26-20(3,4)5/h15-17H,11-14H2,1-10H3/t15?,16-,17+/m0/s1. The molecule has 1 saturated heterocycles. The van der Waals surface area contributed by atoms with Gasteiger partial charge in [0, 0.05) is 12.6 Å². The Balaban J connectivity index is 2.95. The van der Waals surface area contributed by atoms with Crippen LogP contribution in [0.3, 0.4) is 0 Å². The number of nitrogens with zero attached hydrogens (tertiary/aromatic N) is 1. The van der Waals surface area contributed by atoms with Crippen LogP contribution in [0.2, 0.25) is 18.1 Å². The fourth-order valence-electron chi connectivity index (χ4n) is 3.11. The summed E-state index contributed by atoms with van der Waals surface area (Å²) in [5.41, 5.74) is -0.563. The predicted octanol–water partition coefficient (Wildman–Crippen LogP) is 4.98. The first-order valence-corrected chi connectivity index (χ1v) is 13.3. The molecular formula is C21H41NO5Si. The van der Waals surface area contributed by atoms with E-state index in [9.17, 15) is 9.59 Å². The lowest BCUT2D eigenvalue weighted by atomic mass is 10.00. The summed E-state index contributed by atoms with van der Waals surface area (Å²) in [5, 5.41) is 0.0973. The van der Waals surface area contributed by atoms with Gasteiger partial charge in [-0.25, -0.2) is 4.79 Å². The minimum atomic E-state index is -1.96. The zero-order chi connectivity index (χ0) is 21.9. The van der Waals surface area contributed by atoms with E-state index in [2.05, 4.69) is 33.9 Å². The average molecular weight is 416 g/mol. The van der Waals surface area contributed by atoms with Crippen molar-refractivity contribution in [2.75, 3.05) is 13.2 Å². The first-order valence-electron chi connectivity index (χ1n) is 10.4. The second-order valence-corrected chi connectivity index (χ2v) is 15.2. The number of esters is 1. The highest BCUT2D eigenvalue weighted by Crippen LogP contribution is 2.39. The van der Waals surface area contributed by atoms with Crippen molar-refractivity contribution in [1.29, 1.82) is 0 Å². The van der Waals surface area contributed by atoms with E-state index in [1.807, 2.05) is 27.7 Å². The van der Waals surface area contributed by atoms with Crippen LogP contribution in [0.25, 0.3) is 0 Å². The van der Waals surface area contributed by atoms with Gasteiger partial charge in [0.2, 0.25) is 0 Å². The Hall–Kier alpha value is -1.08. The molecule has 0 aromatic rings. The van der Waals surface area contributed by atoms with Gasteiger partial charge in [0.25, 0.3) is 0 Å². The molecule has 164 valence electrons. The Kier molecular flexibility index (Phi) is 8.16. The van der Waals surface area contributed by atoms with E-state index in [-0.39, 0.29) is 35.2 Å². The SMILES string of the molecule is CCOC(=O)C(C)C[C@H]1C[C@@H](O[Si](C)(C)C(C)(C)C)CN1C(=O)OC(C)(C)C. The Morgan fingerprint density at radius 2 is 1.71 bits per heavy atom. The average Bonchev–Trinajstić information content (AvgIpc) is 2.86. The van der Waals surface area contributed by atoms with Crippen molar-refractivity contribution >= 4 is 20.4 Å². The summed E-state index contributed by atoms with van der Waals surface area (Å²) in [6, 6.07) is -0.0935. The quantitative estimate of drug-likeness (QED) is 0.452. The molecule has 1 heterocycles. The Labute approximate surface area is 172 Å². The number of likely N-dealkylation sites (tertiary alicyclic amines) is 1. The Morgan fingerprint density at radius 1 is 1.14 bits per heavy atom. The smallest absolute Gasteiger partial charge is 0.410 e. The van der Waals surface area contributed by atoms with Crippen molar-refractivity contribution in [1.82, 2.24) is 4.90 Å². The van der Waals surface area contributed by atoms with Crippen LogP contribution in [-0.2, 0) is 18.7 Å². The second-order valence-electron chi connectivity index (χ2n) is 10.4. The first-order chi connectivity index (χ1) is 12.6. The summed E-state index contributed by atoms with van der Waals surface area (Å²) in [7, 11) is -1.96. The van der Waals surface area contributed by atoms with Crippen molar-refractivity contribution < 1.29 is 23.5 Å². The molecule has 0 spiro atoms. The van der Waals surface area contributed by atoms with Crippen LogP contribution in [0.15, 0.2) is 0 Å². The third-order valence-electron chi connectivity index (χ3n) is 5.59. The van der Waals surface area contributed by atoms with Gasteiger partial charge in [0.1, 0.15) is 5.60 Å². The number of carbonyl (C=O) groups excluding carboxylic acids is 2. The zero-order valence-corrected chi connectivity index (χ0v) is 20.5. The van der Waals surface area contributed by atoms with Crippen LogP contribution in [0, 0.1) is 5.92 Å². The number of amides is 1. The summed E-state index contributed by atoms with van der Waals surface area (Å²) in [6.45, 7) is 21.2. The van der Waals surface area contributed by atoms with Gasteiger partial charge in [-0.15, -0.1) is 0 Å². The molecule has 1 aliphatic heterocycles. The molecular weight excluding hydrogens is 374 g/mol. The van der Waals surface area contributed by atoms with Crippen molar-refractivity contribution in [2.24, 2.45) is 5.92 Å². The Bertz CT molecular complexity index is 550. The van der Waals surface area contributed by atoms with Gasteiger partial charge in [0.15, 0.2) is 8.32 Å². The van der Waals surface area contributed by atoms with Gasteiger partial charge >= 0.3 is 12.1 Å². The van der Waals surface area contributed by atoms with Gasteiger partial charge in [-0.05, 0) is 58.7 Å². The van der Waals surface area contributed by atoms with E-state index in [1.54, 1.807) is 11.8 Å². The normalized spacial score (nSPS) is 22.1. The molecule has 28 heavy (non-hydrogen) atoms. The molecule has 1 amide bonds. The number of carbonyl (C=O) groups is 2. The molecule has 6 nitrogen and oxygen atoms in total. The van der Waals surface area contributed by atoms with E-state index in [4.69, 9.17) is 13.9 Å². The van der Waals surface area contributed by atoms with Crippen molar-refractivity contribution in [2.45, 2.75) is 104 Å². The van der Waals surface area contributed by atoms with Crippen LogP contribution in [0.4, 0.5) is 4.79 Å². The lowest BCUT2D eigenvalue weighted by Gasteiger charge is -2.38. The third-order valence-corrected chi connectivity index (χ3v) is 10.1. The fourth-order valence-corrected chi connectivity index (χ4v) is 4.47. The largest absolute Gasteiger partial charge is 0.466 e. The summed E-state index contributed by atoms with van der Waals surface area (Å²) in [4.78, 5) is 26.6. The third kappa shape index (κ3) is 7.06. The summed E-state index contributed by atoms with van der Waals surface area (Å²) < 4.78 is 17.3. The highest BCUT2D eigenvalue weighted by atomic mass is 28.4. The van der Waals surface area contributed by atoms with Crippen LogP contribution in [-0.4, -0.2) is 56.2 Å². The molecule has 0 saturated carbocycles. The second kappa shape index (κ2) is 9.16. The first kappa shape index (κ1) is 25.0. The Morgan fingerprint density at radius 3 is 2.18 bits per heavy atom.